The van der Waals surface area contributed by atoms with Crippen molar-refractivity contribution in [2.45, 2.75) is 25.9 Å². The molecule has 1 aliphatic rings. The molecule has 0 saturated carbocycles. The fraction of sp³-hybridized carbons (Fsp3) is 0.400. The lowest BCUT2D eigenvalue weighted by Gasteiger charge is -2.20. The third-order valence-electron chi connectivity index (χ3n) is 3.93. The Morgan fingerprint density at radius 3 is 2.64 bits per heavy atom. The van der Waals surface area contributed by atoms with Gasteiger partial charge in [0.2, 0.25) is 0 Å². The zero-order valence-electron chi connectivity index (χ0n) is 13.6. The van der Waals surface area contributed by atoms with E-state index in [2.05, 4.69) is 4.98 Å². The Hall–Kier alpha value is -2.88. The Labute approximate surface area is 142 Å². The van der Waals surface area contributed by atoms with E-state index >= 15 is 0 Å². The predicted octanol–water partition coefficient (Wildman–Crippen LogP) is 0.898. The molecule has 6 N–H and O–H groups in total. The zero-order valence-corrected chi connectivity index (χ0v) is 13.6. The van der Waals surface area contributed by atoms with Gasteiger partial charge in [0, 0.05) is 37.9 Å². The molecule has 3 heterocycles. The van der Waals surface area contributed by atoms with Crippen LogP contribution in [0.25, 0.3) is 11.0 Å². The molecule has 0 radical (unpaired) electrons. The molecule has 1 fully saturated rings. The maximum atomic E-state index is 14.5. The first kappa shape index (κ1) is 18.5. The number of rotatable bonds is 2. The lowest BCUT2D eigenvalue weighted by molar-refractivity contribution is 0.137. The first-order chi connectivity index (χ1) is 11.8. The summed E-state index contributed by atoms with van der Waals surface area (Å²) in [7, 11) is 0. The van der Waals surface area contributed by atoms with Gasteiger partial charge >= 0.3 is 6.16 Å². The van der Waals surface area contributed by atoms with Gasteiger partial charge in [-0.1, -0.05) is 0 Å². The third kappa shape index (κ3) is 3.79. The van der Waals surface area contributed by atoms with Gasteiger partial charge < -0.3 is 31.1 Å². The van der Waals surface area contributed by atoms with Crippen molar-refractivity contribution in [3.05, 3.63) is 28.3 Å². The number of fused-ring (bicyclic) bond motifs is 1. The van der Waals surface area contributed by atoms with E-state index in [1.165, 1.54) is 6.07 Å². The number of nitrogens with zero attached hydrogens (tertiary/aromatic N) is 3. The minimum atomic E-state index is -1.83. The number of pyridine rings is 2. The molecule has 0 aromatic carbocycles. The largest absolute Gasteiger partial charge is 0.503 e. The van der Waals surface area contributed by atoms with Crippen molar-refractivity contribution < 1.29 is 19.4 Å². The number of nitrogen functional groups attached to an aromatic ring is 1. The average Bonchev–Trinajstić information content (AvgIpc) is 2.96. The third-order valence-corrected chi connectivity index (χ3v) is 3.93. The highest BCUT2D eigenvalue weighted by atomic mass is 19.1. The van der Waals surface area contributed by atoms with Crippen molar-refractivity contribution in [3.8, 4) is 0 Å². The van der Waals surface area contributed by atoms with E-state index in [1.54, 1.807) is 15.7 Å². The number of halogens is 1. The van der Waals surface area contributed by atoms with Crippen LogP contribution >= 0.6 is 0 Å². The minimum absolute atomic E-state index is 0.00672. The Kier molecular flexibility index (Phi) is 5.42. The molecular weight excluding hydrogens is 333 g/mol. The molecule has 1 aliphatic heterocycles. The van der Waals surface area contributed by atoms with Crippen LogP contribution in [-0.2, 0) is 6.54 Å². The molecule has 2 aromatic rings. The van der Waals surface area contributed by atoms with E-state index in [9.17, 15) is 9.18 Å². The Morgan fingerprint density at radius 2 is 2.12 bits per heavy atom. The van der Waals surface area contributed by atoms with Crippen molar-refractivity contribution in [3.63, 3.8) is 0 Å². The first-order valence-electron chi connectivity index (χ1n) is 7.66. The standard InChI is InChI=1S/C14H18FN5O.CH2O3/c1-2-19-6-4-9(21)10-12(17)11(15)14(18-13(10)19)20-5-3-8(16)7-20;2-1(3)4/h4,6,8H,2-3,5,7,16H2,1H3,(H2,17,18);(H2,2,3,4). The highest BCUT2D eigenvalue weighted by Crippen LogP contribution is 2.29. The van der Waals surface area contributed by atoms with Gasteiger partial charge in [-0.2, -0.15) is 0 Å². The Bertz CT molecular complexity index is 850. The van der Waals surface area contributed by atoms with Crippen LogP contribution in [0.4, 0.5) is 20.7 Å². The van der Waals surface area contributed by atoms with E-state index in [1.807, 2.05) is 6.92 Å². The van der Waals surface area contributed by atoms with Gasteiger partial charge in [0.15, 0.2) is 17.1 Å². The molecular formula is C15H20FN5O4. The Morgan fingerprint density at radius 1 is 1.48 bits per heavy atom. The molecule has 1 saturated heterocycles. The summed E-state index contributed by atoms with van der Waals surface area (Å²) in [6.45, 7) is 3.72. The van der Waals surface area contributed by atoms with Crippen molar-refractivity contribution >= 4 is 28.7 Å². The van der Waals surface area contributed by atoms with Gasteiger partial charge in [-0.25, -0.2) is 14.2 Å². The summed E-state index contributed by atoms with van der Waals surface area (Å²) in [6, 6.07) is 1.39. The number of aromatic nitrogens is 2. The summed E-state index contributed by atoms with van der Waals surface area (Å²) in [5.41, 5.74) is 11.7. The van der Waals surface area contributed by atoms with Crippen LogP contribution < -0.4 is 21.8 Å². The number of carboxylic acid groups (broad SMARTS) is 2. The molecule has 25 heavy (non-hydrogen) atoms. The average molecular weight is 353 g/mol. The SMILES string of the molecule is CCn1ccc(=O)c2c(N)c(F)c(N3CCC(N)C3)nc21.O=C(O)O. The topological polar surface area (TPSA) is 148 Å². The monoisotopic (exact) mass is 353 g/mol. The summed E-state index contributed by atoms with van der Waals surface area (Å²) >= 11 is 0. The van der Waals surface area contributed by atoms with E-state index in [4.69, 9.17) is 26.5 Å². The number of nitrogens with two attached hydrogens (primary N) is 2. The van der Waals surface area contributed by atoms with Crippen LogP contribution in [-0.4, -0.2) is 45.1 Å². The molecule has 1 unspecified atom stereocenters. The van der Waals surface area contributed by atoms with Crippen LogP contribution in [0.1, 0.15) is 13.3 Å². The molecule has 2 aromatic heterocycles. The van der Waals surface area contributed by atoms with E-state index in [0.717, 1.165) is 6.42 Å². The summed E-state index contributed by atoms with van der Waals surface area (Å²) in [4.78, 5) is 26.7. The molecule has 136 valence electrons. The second-order valence-electron chi connectivity index (χ2n) is 5.61. The zero-order chi connectivity index (χ0) is 18.7. The number of aryl methyl sites for hydroxylation is 1. The lowest BCUT2D eigenvalue weighted by atomic mass is 10.2. The molecule has 0 bridgehead atoms. The van der Waals surface area contributed by atoms with Crippen LogP contribution in [0.2, 0.25) is 0 Å². The Balaban J connectivity index is 0.000000511. The number of hydrogen-bond acceptors (Lipinski definition) is 6. The highest BCUT2D eigenvalue weighted by Gasteiger charge is 2.26. The molecule has 1 atom stereocenters. The predicted molar refractivity (Wildman–Crippen MR) is 91.5 cm³/mol. The maximum Gasteiger partial charge on any atom is 0.503 e. The summed E-state index contributed by atoms with van der Waals surface area (Å²) in [5.74, 6) is -0.455. The van der Waals surface area contributed by atoms with E-state index < -0.39 is 12.0 Å². The van der Waals surface area contributed by atoms with Crippen molar-refractivity contribution in [2.75, 3.05) is 23.7 Å². The van der Waals surface area contributed by atoms with Gasteiger partial charge in [-0.05, 0) is 13.3 Å². The molecule has 3 rings (SSSR count). The summed E-state index contributed by atoms with van der Waals surface area (Å²) < 4.78 is 16.3. The van der Waals surface area contributed by atoms with Crippen molar-refractivity contribution in [1.29, 1.82) is 0 Å². The van der Waals surface area contributed by atoms with Crippen LogP contribution in [0, 0.1) is 5.82 Å². The van der Waals surface area contributed by atoms with Gasteiger partial charge in [-0.15, -0.1) is 0 Å². The second-order valence-corrected chi connectivity index (χ2v) is 5.61. The van der Waals surface area contributed by atoms with E-state index in [0.29, 0.717) is 25.3 Å². The van der Waals surface area contributed by atoms with Crippen molar-refractivity contribution in [2.24, 2.45) is 5.73 Å². The number of anilines is 2. The maximum absolute atomic E-state index is 14.5. The molecule has 10 heteroatoms. The molecule has 9 nitrogen and oxygen atoms in total. The number of carbonyl (C=O) groups is 1. The van der Waals surface area contributed by atoms with E-state index in [-0.39, 0.29) is 28.4 Å². The minimum Gasteiger partial charge on any atom is -0.450 e. The smallest absolute Gasteiger partial charge is 0.450 e. The highest BCUT2D eigenvalue weighted by molar-refractivity contribution is 5.90. The number of hydrogen-bond donors (Lipinski definition) is 4. The van der Waals surface area contributed by atoms with Gasteiger partial charge in [0.05, 0.1) is 11.1 Å². The second kappa shape index (κ2) is 7.34. The van der Waals surface area contributed by atoms with Crippen LogP contribution in [0.3, 0.4) is 0 Å². The van der Waals surface area contributed by atoms with Crippen LogP contribution in [0.15, 0.2) is 17.1 Å². The fourth-order valence-corrected chi connectivity index (χ4v) is 2.76. The lowest BCUT2D eigenvalue weighted by Crippen LogP contribution is -2.28. The molecule has 0 amide bonds. The van der Waals surface area contributed by atoms with Gasteiger partial charge in [0.1, 0.15) is 5.65 Å². The quantitative estimate of drug-likeness (QED) is 0.622. The van der Waals surface area contributed by atoms with Crippen molar-refractivity contribution in [1.82, 2.24) is 9.55 Å². The summed E-state index contributed by atoms with van der Waals surface area (Å²) in [6.07, 6.45) is 0.600. The molecule has 0 spiro atoms. The van der Waals surface area contributed by atoms with Gasteiger partial charge in [0.25, 0.3) is 0 Å². The first-order valence-corrected chi connectivity index (χ1v) is 7.66. The molecule has 0 aliphatic carbocycles. The fourth-order valence-electron chi connectivity index (χ4n) is 2.76. The normalized spacial score (nSPS) is 16.6. The van der Waals surface area contributed by atoms with Gasteiger partial charge in [-0.3, -0.25) is 4.79 Å². The van der Waals surface area contributed by atoms with Crippen LogP contribution in [0.5, 0.6) is 0 Å². The summed E-state index contributed by atoms with van der Waals surface area (Å²) in [5, 5.41) is 14.1.